The molecule has 1 saturated carbocycles. The third-order valence-corrected chi connectivity index (χ3v) is 4.03. The number of rotatable bonds is 5. The molecular formula is C11H16N2O2S. The zero-order valence-corrected chi connectivity index (χ0v) is 10.3. The van der Waals surface area contributed by atoms with E-state index in [4.69, 9.17) is 4.52 Å². The van der Waals surface area contributed by atoms with Crippen molar-refractivity contribution in [1.29, 1.82) is 0 Å². The van der Waals surface area contributed by atoms with Crippen LogP contribution >= 0.6 is 11.8 Å². The third kappa shape index (κ3) is 3.33. The maximum atomic E-state index is 10.9. The van der Waals surface area contributed by atoms with Crippen LogP contribution in [-0.4, -0.2) is 21.2 Å². The molecule has 0 bridgehead atoms. The molecule has 16 heavy (non-hydrogen) atoms. The SMILES string of the molecule is CC(=O)Cc1nc(CSC2CCCC2)no1. The van der Waals surface area contributed by atoms with Gasteiger partial charge in [-0.3, -0.25) is 4.79 Å². The molecule has 5 heteroatoms. The minimum Gasteiger partial charge on any atom is -0.339 e. The molecule has 1 heterocycles. The predicted octanol–water partition coefficient (Wildman–Crippen LogP) is 2.38. The van der Waals surface area contributed by atoms with Crippen molar-refractivity contribution < 1.29 is 9.32 Å². The van der Waals surface area contributed by atoms with Gasteiger partial charge < -0.3 is 4.52 Å². The van der Waals surface area contributed by atoms with Crippen LogP contribution in [-0.2, 0) is 17.0 Å². The lowest BCUT2D eigenvalue weighted by molar-refractivity contribution is -0.116. The van der Waals surface area contributed by atoms with Crippen LogP contribution < -0.4 is 0 Å². The number of hydrogen-bond acceptors (Lipinski definition) is 5. The number of hydrogen-bond donors (Lipinski definition) is 0. The second-order valence-electron chi connectivity index (χ2n) is 4.20. The van der Waals surface area contributed by atoms with Crippen LogP contribution in [0.15, 0.2) is 4.52 Å². The average Bonchev–Trinajstić information content (AvgIpc) is 2.84. The number of ketones is 1. The molecule has 0 saturated heterocycles. The first-order valence-electron chi connectivity index (χ1n) is 5.66. The Morgan fingerprint density at radius 1 is 1.50 bits per heavy atom. The van der Waals surface area contributed by atoms with E-state index in [1.165, 1.54) is 32.6 Å². The molecule has 4 nitrogen and oxygen atoms in total. The van der Waals surface area contributed by atoms with Gasteiger partial charge in [0.25, 0.3) is 0 Å². The van der Waals surface area contributed by atoms with E-state index in [0.717, 1.165) is 11.0 Å². The average molecular weight is 240 g/mol. The molecule has 1 aromatic rings. The first kappa shape index (κ1) is 11.6. The predicted molar refractivity (Wildman–Crippen MR) is 62.2 cm³/mol. The van der Waals surface area contributed by atoms with Crippen molar-refractivity contribution in [1.82, 2.24) is 10.1 Å². The maximum absolute atomic E-state index is 10.9. The van der Waals surface area contributed by atoms with Gasteiger partial charge in [0.15, 0.2) is 5.82 Å². The molecule has 1 aromatic heterocycles. The summed E-state index contributed by atoms with van der Waals surface area (Å²) in [7, 11) is 0. The van der Waals surface area contributed by atoms with E-state index < -0.39 is 0 Å². The third-order valence-electron chi connectivity index (χ3n) is 2.66. The van der Waals surface area contributed by atoms with Gasteiger partial charge in [-0.1, -0.05) is 18.0 Å². The Morgan fingerprint density at radius 2 is 2.25 bits per heavy atom. The quantitative estimate of drug-likeness (QED) is 0.791. The van der Waals surface area contributed by atoms with Gasteiger partial charge in [0, 0.05) is 5.25 Å². The van der Waals surface area contributed by atoms with E-state index in [2.05, 4.69) is 10.1 Å². The Hall–Kier alpha value is -0.840. The number of Topliss-reactive ketones (excluding diaryl/α,β-unsaturated/α-hetero) is 1. The van der Waals surface area contributed by atoms with E-state index >= 15 is 0 Å². The summed E-state index contributed by atoms with van der Waals surface area (Å²) in [5.74, 6) is 2.01. The molecule has 2 rings (SSSR count). The van der Waals surface area contributed by atoms with Crippen LogP contribution in [0.4, 0.5) is 0 Å². The highest BCUT2D eigenvalue weighted by Gasteiger charge is 2.16. The van der Waals surface area contributed by atoms with Crippen LogP contribution in [0.5, 0.6) is 0 Å². The fraction of sp³-hybridized carbons (Fsp3) is 0.727. The molecule has 88 valence electrons. The molecule has 0 amide bonds. The lowest BCUT2D eigenvalue weighted by atomic mass is 10.3. The van der Waals surface area contributed by atoms with Gasteiger partial charge in [-0.2, -0.15) is 16.7 Å². The summed E-state index contributed by atoms with van der Waals surface area (Å²) in [5, 5.41) is 4.63. The second kappa shape index (κ2) is 5.48. The van der Waals surface area contributed by atoms with Gasteiger partial charge in [-0.05, 0) is 19.8 Å². The van der Waals surface area contributed by atoms with Crippen molar-refractivity contribution in [3.05, 3.63) is 11.7 Å². The standard InChI is InChI=1S/C11H16N2O2S/c1-8(14)6-11-12-10(13-15-11)7-16-9-4-2-3-5-9/h9H,2-7H2,1H3. The van der Waals surface area contributed by atoms with Crippen LogP contribution in [0.3, 0.4) is 0 Å². The number of carbonyl (C=O) groups is 1. The minimum absolute atomic E-state index is 0.0543. The zero-order valence-electron chi connectivity index (χ0n) is 9.44. The van der Waals surface area contributed by atoms with E-state index in [1.54, 1.807) is 0 Å². The van der Waals surface area contributed by atoms with Crippen LogP contribution in [0.25, 0.3) is 0 Å². The second-order valence-corrected chi connectivity index (χ2v) is 5.49. The highest BCUT2D eigenvalue weighted by molar-refractivity contribution is 7.99. The van der Waals surface area contributed by atoms with Gasteiger partial charge >= 0.3 is 0 Å². The molecule has 0 aromatic carbocycles. The first-order chi connectivity index (χ1) is 7.74. The van der Waals surface area contributed by atoms with Crippen molar-refractivity contribution >= 4 is 17.5 Å². The molecule has 1 aliphatic rings. The number of nitrogens with zero attached hydrogens (tertiary/aromatic N) is 2. The molecule has 0 atom stereocenters. The van der Waals surface area contributed by atoms with Crippen LogP contribution in [0.2, 0.25) is 0 Å². The molecule has 0 radical (unpaired) electrons. The Morgan fingerprint density at radius 3 is 2.94 bits per heavy atom. The highest BCUT2D eigenvalue weighted by Crippen LogP contribution is 2.30. The minimum atomic E-state index is 0.0543. The van der Waals surface area contributed by atoms with Gasteiger partial charge in [-0.15, -0.1) is 0 Å². The highest BCUT2D eigenvalue weighted by atomic mass is 32.2. The largest absolute Gasteiger partial charge is 0.339 e. The Balaban J connectivity index is 1.80. The van der Waals surface area contributed by atoms with Crippen molar-refractivity contribution in [2.75, 3.05) is 0 Å². The summed E-state index contributed by atoms with van der Waals surface area (Å²) in [4.78, 5) is 15.0. The molecule has 1 aliphatic carbocycles. The van der Waals surface area contributed by atoms with Crippen LogP contribution in [0, 0.1) is 0 Å². The van der Waals surface area contributed by atoms with Gasteiger partial charge in [0.2, 0.25) is 5.89 Å². The van der Waals surface area contributed by atoms with Crippen molar-refractivity contribution in [3.63, 3.8) is 0 Å². The number of carbonyl (C=O) groups excluding carboxylic acids is 1. The van der Waals surface area contributed by atoms with E-state index in [9.17, 15) is 4.79 Å². The number of thioether (sulfide) groups is 1. The smallest absolute Gasteiger partial charge is 0.234 e. The van der Waals surface area contributed by atoms with E-state index in [0.29, 0.717) is 11.7 Å². The van der Waals surface area contributed by atoms with E-state index in [1.807, 2.05) is 11.8 Å². The monoisotopic (exact) mass is 240 g/mol. The molecular weight excluding hydrogens is 224 g/mol. The zero-order chi connectivity index (χ0) is 11.4. The molecule has 0 spiro atoms. The summed E-state index contributed by atoms with van der Waals surface area (Å²) >= 11 is 1.90. The lowest BCUT2D eigenvalue weighted by Gasteiger charge is -2.04. The fourth-order valence-electron chi connectivity index (χ4n) is 1.88. The number of aromatic nitrogens is 2. The Bertz CT molecular complexity index is 359. The van der Waals surface area contributed by atoms with Crippen molar-refractivity contribution in [3.8, 4) is 0 Å². The normalized spacial score (nSPS) is 16.8. The van der Waals surface area contributed by atoms with Gasteiger partial charge in [0.05, 0.1) is 12.2 Å². The molecule has 0 N–H and O–H groups in total. The fourth-order valence-corrected chi connectivity index (χ4v) is 3.05. The maximum Gasteiger partial charge on any atom is 0.234 e. The summed E-state index contributed by atoms with van der Waals surface area (Å²) in [5.41, 5.74) is 0. The topological polar surface area (TPSA) is 56.0 Å². The van der Waals surface area contributed by atoms with Crippen molar-refractivity contribution in [2.45, 2.75) is 50.0 Å². The van der Waals surface area contributed by atoms with E-state index in [-0.39, 0.29) is 12.2 Å². The summed E-state index contributed by atoms with van der Waals surface area (Å²) in [6, 6.07) is 0. The summed E-state index contributed by atoms with van der Waals surface area (Å²) in [6.07, 6.45) is 5.56. The summed E-state index contributed by atoms with van der Waals surface area (Å²) < 4.78 is 5.00. The summed E-state index contributed by atoms with van der Waals surface area (Å²) in [6.45, 7) is 1.52. The first-order valence-corrected chi connectivity index (χ1v) is 6.71. The Kier molecular flexibility index (Phi) is 3.98. The van der Waals surface area contributed by atoms with Gasteiger partial charge in [-0.25, -0.2) is 0 Å². The molecule has 0 aliphatic heterocycles. The molecule has 0 unspecified atom stereocenters. The van der Waals surface area contributed by atoms with Crippen molar-refractivity contribution in [2.24, 2.45) is 0 Å². The lowest BCUT2D eigenvalue weighted by Crippen LogP contribution is -1.98. The van der Waals surface area contributed by atoms with Crippen LogP contribution in [0.1, 0.15) is 44.3 Å². The molecule has 1 fully saturated rings. The van der Waals surface area contributed by atoms with Gasteiger partial charge in [0.1, 0.15) is 5.78 Å². The Labute approximate surface area is 99.2 Å².